The molecule has 0 radical (unpaired) electrons. The van der Waals surface area contributed by atoms with Crippen molar-refractivity contribution < 1.29 is 14.2 Å². The molecule has 0 aromatic carbocycles. The second-order valence-electron chi connectivity index (χ2n) is 6.46. The lowest BCUT2D eigenvalue weighted by Crippen LogP contribution is -2.43. The molecule has 8 heteroatoms. The lowest BCUT2D eigenvalue weighted by Gasteiger charge is -2.33. The highest BCUT2D eigenvalue weighted by Gasteiger charge is 2.27. The zero-order chi connectivity index (χ0) is 18.0. The normalized spacial score (nSPS) is 17.6. The van der Waals surface area contributed by atoms with Crippen molar-refractivity contribution in [2.75, 3.05) is 38.7 Å². The summed E-state index contributed by atoms with van der Waals surface area (Å²) in [6.07, 6.45) is -0.0421. The minimum Gasteiger partial charge on any atom is -0.378 e. The monoisotopic (exact) mass is 345 g/mol. The molecule has 0 spiro atoms. The fourth-order valence-electron chi connectivity index (χ4n) is 2.82. The van der Waals surface area contributed by atoms with Gasteiger partial charge in [0.05, 0.1) is 25.3 Å². The molecule has 0 saturated carbocycles. The smallest absolute Gasteiger partial charge is 0.228 e. The number of pyridine rings is 1. The zero-order valence-corrected chi connectivity index (χ0v) is 15.0. The van der Waals surface area contributed by atoms with Crippen molar-refractivity contribution in [2.45, 2.75) is 26.4 Å². The molecule has 1 aliphatic rings. The summed E-state index contributed by atoms with van der Waals surface area (Å²) in [5.41, 5.74) is 4.07. The Hall–Kier alpha value is -2.48. The van der Waals surface area contributed by atoms with Gasteiger partial charge in [-0.05, 0) is 26.0 Å². The Morgan fingerprint density at radius 3 is 2.80 bits per heavy atom. The van der Waals surface area contributed by atoms with E-state index in [1.807, 2.05) is 38.1 Å². The predicted molar refractivity (Wildman–Crippen MR) is 91.3 cm³/mol. The number of nitrogens with zero attached hydrogens (tertiary/aromatic N) is 5. The number of morpholine rings is 1. The topological polar surface area (TPSA) is 84.6 Å². The van der Waals surface area contributed by atoms with Gasteiger partial charge in [-0.1, -0.05) is 10.3 Å². The number of ether oxygens (including phenoxy) is 1. The Morgan fingerprint density at radius 1 is 1.32 bits per heavy atom. The number of carbonyl (C=O) groups is 1. The third kappa shape index (κ3) is 3.96. The van der Waals surface area contributed by atoms with Gasteiger partial charge >= 0.3 is 0 Å². The van der Waals surface area contributed by atoms with Crippen molar-refractivity contribution in [3.63, 3.8) is 0 Å². The van der Waals surface area contributed by atoms with Crippen molar-refractivity contribution in [1.29, 1.82) is 0 Å². The van der Waals surface area contributed by atoms with E-state index in [4.69, 9.17) is 4.74 Å². The van der Waals surface area contributed by atoms with Gasteiger partial charge in [0.2, 0.25) is 5.91 Å². The fourth-order valence-corrected chi connectivity index (χ4v) is 2.82. The van der Waals surface area contributed by atoms with E-state index in [0.29, 0.717) is 31.1 Å². The lowest BCUT2D eigenvalue weighted by atomic mass is 10.1. The summed E-state index contributed by atoms with van der Waals surface area (Å²) >= 11 is 0. The van der Waals surface area contributed by atoms with Crippen molar-refractivity contribution in [1.82, 2.24) is 20.2 Å². The molecule has 3 heterocycles. The van der Waals surface area contributed by atoms with Crippen LogP contribution < -0.4 is 4.90 Å². The van der Waals surface area contributed by atoms with Crippen LogP contribution >= 0.6 is 0 Å². The molecule has 3 rings (SSSR count). The van der Waals surface area contributed by atoms with Crippen molar-refractivity contribution in [3.05, 3.63) is 34.9 Å². The minimum atomic E-state index is -0.229. The van der Waals surface area contributed by atoms with Crippen LogP contribution in [0.4, 0.5) is 5.69 Å². The number of aromatic nitrogens is 3. The van der Waals surface area contributed by atoms with Gasteiger partial charge in [-0.2, -0.15) is 0 Å². The van der Waals surface area contributed by atoms with Crippen LogP contribution in [0.2, 0.25) is 0 Å². The van der Waals surface area contributed by atoms with Gasteiger partial charge in [-0.3, -0.25) is 9.78 Å². The van der Waals surface area contributed by atoms with Gasteiger partial charge in [0, 0.05) is 32.0 Å². The lowest BCUT2D eigenvalue weighted by molar-refractivity contribution is -0.138. The average Bonchev–Trinajstić information content (AvgIpc) is 2.99. The van der Waals surface area contributed by atoms with Crippen LogP contribution in [-0.2, 0) is 16.0 Å². The second kappa shape index (κ2) is 7.18. The summed E-state index contributed by atoms with van der Waals surface area (Å²) in [5.74, 6) is -0.00686. The molecule has 1 fully saturated rings. The molecule has 25 heavy (non-hydrogen) atoms. The van der Waals surface area contributed by atoms with E-state index >= 15 is 0 Å². The Labute approximate surface area is 146 Å². The fraction of sp³-hybridized carbons (Fsp3) is 0.529. The Bertz CT molecular complexity index is 758. The molecular formula is C17H23N5O3. The molecule has 1 amide bonds. The molecular weight excluding hydrogens is 322 g/mol. The molecule has 0 bridgehead atoms. The third-order valence-electron chi connectivity index (χ3n) is 4.29. The maximum atomic E-state index is 12.6. The molecule has 134 valence electrons. The Morgan fingerprint density at radius 2 is 2.12 bits per heavy atom. The van der Waals surface area contributed by atoms with E-state index in [2.05, 4.69) is 19.9 Å². The van der Waals surface area contributed by atoms with Gasteiger partial charge in [0.1, 0.15) is 17.5 Å². The second-order valence-corrected chi connectivity index (χ2v) is 6.46. The first kappa shape index (κ1) is 17.3. The van der Waals surface area contributed by atoms with Crippen molar-refractivity contribution in [2.24, 2.45) is 0 Å². The van der Waals surface area contributed by atoms with Crippen LogP contribution in [0.15, 0.2) is 16.8 Å². The van der Waals surface area contributed by atoms with E-state index in [1.54, 1.807) is 11.8 Å². The SMILES string of the molecule is Cc1cc(N(C)C)cc(C2CN(C(=O)Cc3nonc3C)CCO2)n1. The number of amides is 1. The van der Waals surface area contributed by atoms with Gasteiger partial charge in [0.25, 0.3) is 0 Å². The van der Waals surface area contributed by atoms with E-state index in [1.165, 1.54) is 0 Å². The highest BCUT2D eigenvalue weighted by molar-refractivity contribution is 5.78. The molecule has 0 N–H and O–H groups in total. The van der Waals surface area contributed by atoms with E-state index in [-0.39, 0.29) is 18.4 Å². The highest BCUT2D eigenvalue weighted by atomic mass is 16.6. The molecule has 0 aliphatic carbocycles. The maximum Gasteiger partial charge on any atom is 0.228 e. The molecule has 1 unspecified atom stereocenters. The molecule has 1 atom stereocenters. The summed E-state index contributed by atoms with van der Waals surface area (Å²) in [6, 6.07) is 4.03. The number of rotatable bonds is 4. The first-order valence-corrected chi connectivity index (χ1v) is 8.27. The molecule has 2 aromatic heterocycles. The van der Waals surface area contributed by atoms with Gasteiger partial charge < -0.3 is 14.5 Å². The first-order valence-electron chi connectivity index (χ1n) is 8.27. The van der Waals surface area contributed by atoms with Gasteiger partial charge in [-0.15, -0.1) is 0 Å². The standard InChI is InChI=1S/C17H23N5O3/c1-11-7-13(21(3)4)8-15(18-11)16-10-22(5-6-24-16)17(23)9-14-12(2)19-25-20-14/h7-8,16H,5-6,9-10H2,1-4H3. The van der Waals surface area contributed by atoms with Crippen LogP contribution in [0.3, 0.4) is 0 Å². The summed E-state index contributed by atoms with van der Waals surface area (Å²) in [4.78, 5) is 21.0. The van der Waals surface area contributed by atoms with Crippen LogP contribution in [0, 0.1) is 13.8 Å². The molecule has 1 aliphatic heterocycles. The van der Waals surface area contributed by atoms with Crippen molar-refractivity contribution >= 4 is 11.6 Å². The maximum absolute atomic E-state index is 12.6. The Kier molecular flexibility index (Phi) is 4.98. The van der Waals surface area contributed by atoms with E-state index in [9.17, 15) is 4.79 Å². The number of anilines is 1. The number of aryl methyl sites for hydroxylation is 2. The average molecular weight is 345 g/mol. The number of hydrogen-bond acceptors (Lipinski definition) is 7. The van der Waals surface area contributed by atoms with Gasteiger partial charge in [-0.25, -0.2) is 4.63 Å². The number of hydrogen-bond donors (Lipinski definition) is 0. The summed E-state index contributed by atoms with van der Waals surface area (Å²) in [5, 5.41) is 7.50. The van der Waals surface area contributed by atoms with Crippen LogP contribution in [0.25, 0.3) is 0 Å². The highest BCUT2D eigenvalue weighted by Crippen LogP contribution is 2.25. The largest absolute Gasteiger partial charge is 0.378 e. The summed E-state index contributed by atoms with van der Waals surface area (Å²) in [7, 11) is 3.98. The van der Waals surface area contributed by atoms with Crippen molar-refractivity contribution in [3.8, 4) is 0 Å². The molecule has 2 aromatic rings. The Balaban J connectivity index is 1.73. The van der Waals surface area contributed by atoms with Crippen LogP contribution in [0.1, 0.15) is 28.9 Å². The zero-order valence-electron chi connectivity index (χ0n) is 15.0. The quantitative estimate of drug-likeness (QED) is 0.825. The molecule has 1 saturated heterocycles. The first-order chi connectivity index (χ1) is 11.9. The summed E-state index contributed by atoms with van der Waals surface area (Å²) < 4.78 is 10.5. The number of carbonyl (C=O) groups excluding carboxylic acids is 1. The third-order valence-corrected chi connectivity index (χ3v) is 4.29. The van der Waals surface area contributed by atoms with Crippen LogP contribution in [-0.4, -0.2) is 59.9 Å². The minimum absolute atomic E-state index is 0.00686. The van der Waals surface area contributed by atoms with Crippen LogP contribution in [0.5, 0.6) is 0 Å². The van der Waals surface area contributed by atoms with Gasteiger partial charge in [0.15, 0.2) is 0 Å². The van der Waals surface area contributed by atoms with E-state index < -0.39 is 0 Å². The molecule has 8 nitrogen and oxygen atoms in total. The predicted octanol–water partition coefficient (Wildman–Crippen LogP) is 1.29. The van der Waals surface area contributed by atoms with E-state index in [0.717, 1.165) is 17.1 Å². The summed E-state index contributed by atoms with van der Waals surface area (Å²) in [6.45, 7) is 5.27.